The highest BCUT2D eigenvalue weighted by Gasteiger charge is 2.22. The summed E-state index contributed by atoms with van der Waals surface area (Å²) in [6, 6.07) is 2.68. The molecule has 0 bridgehead atoms. The zero-order valence-electron chi connectivity index (χ0n) is 10.3. The maximum Gasteiger partial charge on any atom is 0.0608 e. The van der Waals surface area contributed by atoms with Gasteiger partial charge in [-0.3, -0.25) is 0 Å². The van der Waals surface area contributed by atoms with Crippen LogP contribution >= 0.6 is 11.3 Å². The summed E-state index contributed by atoms with van der Waals surface area (Å²) in [6.07, 6.45) is 3.84. The number of hydrogen-bond donors (Lipinski definition) is 2. The quantitative estimate of drug-likeness (QED) is 0.846. The number of aliphatic hydroxyl groups excluding tert-OH is 1. The molecule has 0 spiro atoms. The summed E-state index contributed by atoms with van der Waals surface area (Å²) < 4.78 is 0. The van der Waals surface area contributed by atoms with Gasteiger partial charge in [-0.15, -0.1) is 11.3 Å². The Balaban J connectivity index is 2.06. The molecular formula is C13H21NOS. The van der Waals surface area contributed by atoms with Crippen LogP contribution in [0.5, 0.6) is 0 Å². The lowest BCUT2D eigenvalue weighted by Crippen LogP contribution is -2.43. The van der Waals surface area contributed by atoms with Gasteiger partial charge < -0.3 is 10.4 Å². The molecule has 0 aromatic carbocycles. The van der Waals surface area contributed by atoms with Crippen LogP contribution in [0, 0.1) is 0 Å². The Bertz CT molecular complexity index is 349. The second-order valence-corrected chi connectivity index (χ2v) is 6.53. The minimum absolute atomic E-state index is 0.169. The summed E-state index contributed by atoms with van der Waals surface area (Å²) in [6.45, 7) is 6.41. The van der Waals surface area contributed by atoms with E-state index >= 15 is 0 Å². The maximum atomic E-state index is 9.25. The molecule has 16 heavy (non-hydrogen) atoms. The van der Waals surface area contributed by atoms with E-state index in [1.54, 1.807) is 10.4 Å². The number of thiophene rings is 1. The fourth-order valence-electron chi connectivity index (χ4n) is 2.27. The van der Waals surface area contributed by atoms with Gasteiger partial charge in [0.25, 0.3) is 0 Å². The van der Waals surface area contributed by atoms with Gasteiger partial charge in [-0.05, 0) is 51.7 Å². The van der Waals surface area contributed by atoms with Gasteiger partial charge in [-0.25, -0.2) is 0 Å². The molecule has 0 radical (unpaired) electrons. The maximum absolute atomic E-state index is 9.25. The van der Waals surface area contributed by atoms with E-state index in [-0.39, 0.29) is 12.1 Å². The molecule has 1 aromatic rings. The first-order chi connectivity index (χ1) is 7.52. The Kier molecular flexibility index (Phi) is 3.38. The Morgan fingerprint density at radius 1 is 1.50 bits per heavy atom. The number of aryl methyl sites for hydroxylation is 2. The van der Waals surface area contributed by atoms with Gasteiger partial charge in [0, 0.05) is 21.3 Å². The number of rotatable bonds is 4. The number of hydrogen-bond acceptors (Lipinski definition) is 3. The largest absolute Gasteiger partial charge is 0.394 e. The zero-order chi connectivity index (χ0) is 11.8. The van der Waals surface area contributed by atoms with Gasteiger partial charge in [0.1, 0.15) is 0 Å². The van der Waals surface area contributed by atoms with Gasteiger partial charge in [-0.2, -0.15) is 0 Å². The van der Waals surface area contributed by atoms with Gasteiger partial charge in [-0.1, -0.05) is 0 Å². The standard InChI is InChI=1S/C13H21NOS/c1-9(14-13(2,3)8-15)12-7-10-5-4-6-11(10)16-12/h7,9,14-15H,4-6,8H2,1-3H3. The molecule has 1 aromatic heterocycles. The first-order valence-corrected chi connectivity index (χ1v) is 6.83. The molecule has 1 unspecified atom stereocenters. The third-order valence-electron chi connectivity index (χ3n) is 3.19. The molecule has 1 atom stereocenters. The predicted octanol–water partition coefficient (Wildman–Crippen LogP) is 2.66. The highest BCUT2D eigenvalue weighted by atomic mass is 32.1. The van der Waals surface area contributed by atoms with E-state index in [9.17, 15) is 5.11 Å². The van der Waals surface area contributed by atoms with Crippen LogP contribution < -0.4 is 5.32 Å². The van der Waals surface area contributed by atoms with Crippen LogP contribution in [0.1, 0.15) is 48.6 Å². The predicted molar refractivity (Wildman–Crippen MR) is 69.1 cm³/mol. The van der Waals surface area contributed by atoms with E-state index < -0.39 is 0 Å². The number of nitrogens with one attached hydrogen (secondary N) is 1. The normalized spacial score (nSPS) is 17.5. The Labute approximate surface area is 102 Å². The lowest BCUT2D eigenvalue weighted by Gasteiger charge is -2.27. The van der Waals surface area contributed by atoms with Crippen LogP contribution in [0.4, 0.5) is 0 Å². The third-order valence-corrected chi connectivity index (χ3v) is 4.61. The zero-order valence-corrected chi connectivity index (χ0v) is 11.2. The molecule has 0 amide bonds. The number of aliphatic hydroxyl groups is 1. The summed E-state index contributed by atoms with van der Waals surface area (Å²) in [5.41, 5.74) is 1.35. The highest BCUT2D eigenvalue weighted by Crippen LogP contribution is 2.34. The molecular weight excluding hydrogens is 218 g/mol. The monoisotopic (exact) mass is 239 g/mol. The summed E-state index contributed by atoms with van der Waals surface area (Å²) in [4.78, 5) is 2.98. The summed E-state index contributed by atoms with van der Waals surface area (Å²) in [7, 11) is 0. The minimum atomic E-state index is -0.201. The second-order valence-electron chi connectivity index (χ2n) is 5.36. The highest BCUT2D eigenvalue weighted by molar-refractivity contribution is 7.12. The SMILES string of the molecule is CC(NC(C)(C)CO)c1cc2c(s1)CCC2. The van der Waals surface area contributed by atoms with Gasteiger partial charge in [0.15, 0.2) is 0 Å². The third kappa shape index (κ3) is 2.47. The minimum Gasteiger partial charge on any atom is -0.394 e. The van der Waals surface area contributed by atoms with Gasteiger partial charge in [0.05, 0.1) is 6.61 Å². The Hall–Kier alpha value is -0.380. The molecule has 1 heterocycles. The molecule has 0 aliphatic heterocycles. The van der Waals surface area contributed by atoms with Crippen molar-refractivity contribution in [3.8, 4) is 0 Å². The molecule has 1 aliphatic rings. The molecule has 0 fully saturated rings. The average Bonchev–Trinajstić information content (AvgIpc) is 2.75. The van der Waals surface area contributed by atoms with Crippen LogP contribution in [0.3, 0.4) is 0 Å². The van der Waals surface area contributed by atoms with Crippen LogP contribution in [-0.2, 0) is 12.8 Å². The lowest BCUT2D eigenvalue weighted by molar-refractivity contribution is 0.178. The second kappa shape index (κ2) is 4.47. The van der Waals surface area contributed by atoms with Crippen LogP contribution in [-0.4, -0.2) is 17.3 Å². The van der Waals surface area contributed by atoms with E-state index in [4.69, 9.17) is 0 Å². The summed E-state index contributed by atoms with van der Waals surface area (Å²) in [5, 5.41) is 12.7. The van der Waals surface area contributed by atoms with Crippen LogP contribution in [0.25, 0.3) is 0 Å². The molecule has 2 N–H and O–H groups in total. The van der Waals surface area contributed by atoms with Crippen molar-refractivity contribution < 1.29 is 5.11 Å². The summed E-state index contributed by atoms with van der Waals surface area (Å²) >= 11 is 1.94. The number of fused-ring (bicyclic) bond motifs is 1. The van der Waals surface area contributed by atoms with Crippen molar-refractivity contribution in [2.24, 2.45) is 0 Å². The smallest absolute Gasteiger partial charge is 0.0608 e. The molecule has 2 nitrogen and oxygen atoms in total. The fraction of sp³-hybridized carbons (Fsp3) is 0.692. The summed E-state index contributed by atoms with van der Waals surface area (Å²) in [5.74, 6) is 0. The van der Waals surface area contributed by atoms with Gasteiger partial charge in [0.2, 0.25) is 0 Å². The average molecular weight is 239 g/mol. The first-order valence-electron chi connectivity index (χ1n) is 6.02. The topological polar surface area (TPSA) is 32.3 Å². The van der Waals surface area contributed by atoms with E-state index in [0.29, 0.717) is 6.04 Å². The van der Waals surface area contributed by atoms with Gasteiger partial charge >= 0.3 is 0 Å². The molecule has 3 heteroatoms. The Morgan fingerprint density at radius 2 is 2.25 bits per heavy atom. The Morgan fingerprint density at radius 3 is 2.88 bits per heavy atom. The first kappa shape index (κ1) is 12.1. The molecule has 1 aliphatic carbocycles. The lowest BCUT2D eigenvalue weighted by atomic mass is 10.1. The molecule has 2 rings (SSSR count). The van der Waals surface area contributed by atoms with Crippen molar-refractivity contribution in [1.29, 1.82) is 0 Å². The molecule has 0 saturated carbocycles. The van der Waals surface area contributed by atoms with Crippen molar-refractivity contribution in [1.82, 2.24) is 5.32 Å². The van der Waals surface area contributed by atoms with Crippen molar-refractivity contribution in [2.75, 3.05) is 6.61 Å². The van der Waals surface area contributed by atoms with Crippen molar-refractivity contribution in [3.63, 3.8) is 0 Å². The van der Waals surface area contributed by atoms with Crippen LogP contribution in [0.2, 0.25) is 0 Å². The fourth-order valence-corrected chi connectivity index (χ4v) is 3.53. The van der Waals surface area contributed by atoms with Crippen molar-refractivity contribution in [3.05, 3.63) is 21.4 Å². The van der Waals surface area contributed by atoms with Crippen molar-refractivity contribution >= 4 is 11.3 Å². The van der Waals surface area contributed by atoms with E-state index in [1.165, 1.54) is 24.1 Å². The molecule has 90 valence electrons. The van der Waals surface area contributed by atoms with E-state index in [1.807, 2.05) is 25.2 Å². The van der Waals surface area contributed by atoms with E-state index in [0.717, 1.165) is 0 Å². The van der Waals surface area contributed by atoms with Crippen molar-refractivity contribution in [2.45, 2.75) is 51.6 Å². The molecule has 0 saturated heterocycles. The van der Waals surface area contributed by atoms with E-state index in [2.05, 4.69) is 18.3 Å². The van der Waals surface area contributed by atoms with Crippen LogP contribution in [0.15, 0.2) is 6.07 Å².